The maximum Gasteiger partial charge on any atom is 0.396 e. The third-order valence-electron chi connectivity index (χ3n) is 2.11. The van der Waals surface area contributed by atoms with Gasteiger partial charge in [-0.2, -0.15) is 13.2 Å². The van der Waals surface area contributed by atoms with Gasteiger partial charge in [-0.3, -0.25) is 4.79 Å². The van der Waals surface area contributed by atoms with E-state index < -0.39 is 35.9 Å². The predicted molar refractivity (Wildman–Crippen MR) is 52.5 cm³/mol. The number of carboxylic acid groups (broad SMARTS) is 1. The highest BCUT2D eigenvalue weighted by Crippen LogP contribution is 2.38. The van der Waals surface area contributed by atoms with E-state index in [0.29, 0.717) is 0 Å². The SMILES string of the molecule is O=C(O)CC(c1ccc(Cl)cc1F)C(F)(F)F. The van der Waals surface area contributed by atoms with Crippen molar-refractivity contribution in [3.8, 4) is 0 Å². The second-order valence-electron chi connectivity index (χ2n) is 3.36. The average Bonchev–Trinajstić information content (AvgIpc) is 2.13. The molecule has 1 N–H and O–H groups in total. The van der Waals surface area contributed by atoms with E-state index >= 15 is 0 Å². The molecule has 1 unspecified atom stereocenters. The minimum absolute atomic E-state index is 0.0532. The molecule has 0 radical (unpaired) electrons. The van der Waals surface area contributed by atoms with Crippen LogP contribution in [0.2, 0.25) is 5.02 Å². The average molecular weight is 271 g/mol. The summed E-state index contributed by atoms with van der Waals surface area (Å²) >= 11 is 5.40. The Bertz CT molecular complexity index is 431. The van der Waals surface area contributed by atoms with Crippen molar-refractivity contribution in [2.24, 2.45) is 0 Å². The van der Waals surface area contributed by atoms with E-state index in [2.05, 4.69) is 0 Å². The maximum atomic E-state index is 13.3. The summed E-state index contributed by atoms with van der Waals surface area (Å²) in [5.41, 5.74) is -0.718. The molecule has 0 aliphatic heterocycles. The largest absolute Gasteiger partial charge is 0.481 e. The molecule has 1 aromatic carbocycles. The molecule has 0 saturated heterocycles. The van der Waals surface area contributed by atoms with Crippen molar-refractivity contribution in [3.63, 3.8) is 0 Å². The van der Waals surface area contributed by atoms with Gasteiger partial charge >= 0.3 is 12.1 Å². The van der Waals surface area contributed by atoms with Gasteiger partial charge in [-0.25, -0.2) is 4.39 Å². The molecule has 17 heavy (non-hydrogen) atoms. The van der Waals surface area contributed by atoms with Crippen LogP contribution in [0.25, 0.3) is 0 Å². The number of aliphatic carboxylic acids is 1. The molecule has 7 heteroatoms. The molecule has 1 aromatic rings. The Morgan fingerprint density at radius 3 is 2.41 bits per heavy atom. The summed E-state index contributed by atoms with van der Waals surface area (Å²) in [6, 6.07) is 2.65. The van der Waals surface area contributed by atoms with E-state index in [4.69, 9.17) is 16.7 Å². The van der Waals surface area contributed by atoms with Gasteiger partial charge in [-0.1, -0.05) is 17.7 Å². The number of halogens is 5. The Kier molecular flexibility index (Phi) is 3.98. The molecule has 0 fully saturated rings. The van der Waals surface area contributed by atoms with Crippen molar-refractivity contribution >= 4 is 17.6 Å². The van der Waals surface area contributed by atoms with Crippen LogP contribution in [0.15, 0.2) is 18.2 Å². The second kappa shape index (κ2) is 4.91. The number of rotatable bonds is 3. The van der Waals surface area contributed by atoms with Gasteiger partial charge in [0, 0.05) is 10.6 Å². The number of alkyl halides is 3. The Morgan fingerprint density at radius 1 is 1.41 bits per heavy atom. The van der Waals surface area contributed by atoms with E-state index in [9.17, 15) is 22.4 Å². The number of benzene rings is 1. The molecule has 0 aromatic heterocycles. The van der Waals surface area contributed by atoms with Crippen molar-refractivity contribution in [2.75, 3.05) is 0 Å². The Balaban J connectivity index is 3.17. The highest BCUT2D eigenvalue weighted by molar-refractivity contribution is 6.30. The molecule has 0 spiro atoms. The molecule has 2 nitrogen and oxygen atoms in total. The number of carbonyl (C=O) groups is 1. The lowest BCUT2D eigenvalue weighted by Crippen LogP contribution is -2.24. The molecule has 0 bridgehead atoms. The van der Waals surface area contributed by atoms with Crippen molar-refractivity contribution < 1.29 is 27.5 Å². The van der Waals surface area contributed by atoms with Crippen LogP contribution in [0.1, 0.15) is 17.9 Å². The number of carboxylic acids is 1. The van der Waals surface area contributed by atoms with Crippen LogP contribution in [0.5, 0.6) is 0 Å². The van der Waals surface area contributed by atoms with Gasteiger partial charge in [0.2, 0.25) is 0 Å². The van der Waals surface area contributed by atoms with Crippen molar-refractivity contribution in [2.45, 2.75) is 18.5 Å². The molecule has 0 heterocycles. The first-order valence-electron chi connectivity index (χ1n) is 4.45. The highest BCUT2D eigenvalue weighted by Gasteiger charge is 2.43. The molecule has 0 aliphatic rings. The van der Waals surface area contributed by atoms with Crippen LogP contribution in [0.3, 0.4) is 0 Å². The van der Waals surface area contributed by atoms with Crippen LogP contribution >= 0.6 is 11.6 Å². The summed E-state index contributed by atoms with van der Waals surface area (Å²) in [6.07, 6.45) is -6.05. The maximum absolute atomic E-state index is 13.3. The third-order valence-corrected chi connectivity index (χ3v) is 2.35. The zero-order valence-corrected chi connectivity index (χ0v) is 9.02. The lowest BCUT2D eigenvalue weighted by Gasteiger charge is -2.19. The van der Waals surface area contributed by atoms with Gasteiger partial charge < -0.3 is 5.11 Å². The summed E-state index contributed by atoms with van der Waals surface area (Å²) in [4.78, 5) is 10.4. The number of hydrogen-bond donors (Lipinski definition) is 1. The topological polar surface area (TPSA) is 37.3 Å². The first-order valence-corrected chi connectivity index (χ1v) is 4.83. The van der Waals surface area contributed by atoms with Crippen molar-refractivity contribution in [1.82, 2.24) is 0 Å². The zero-order valence-electron chi connectivity index (χ0n) is 8.26. The van der Waals surface area contributed by atoms with E-state index in [1.807, 2.05) is 0 Å². The summed E-state index contributed by atoms with van der Waals surface area (Å²) < 4.78 is 51.1. The van der Waals surface area contributed by atoms with Crippen LogP contribution < -0.4 is 0 Å². The van der Waals surface area contributed by atoms with E-state index in [-0.39, 0.29) is 5.02 Å². The Labute approximate surface area is 98.8 Å². The van der Waals surface area contributed by atoms with E-state index in [1.54, 1.807) is 0 Å². The lowest BCUT2D eigenvalue weighted by atomic mass is 9.94. The van der Waals surface area contributed by atoms with Gasteiger partial charge in [0.25, 0.3) is 0 Å². The third kappa shape index (κ3) is 3.59. The molecule has 0 amide bonds. The minimum Gasteiger partial charge on any atom is -0.481 e. The monoisotopic (exact) mass is 270 g/mol. The van der Waals surface area contributed by atoms with E-state index in [0.717, 1.165) is 18.2 Å². The highest BCUT2D eigenvalue weighted by atomic mass is 35.5. The first kappa shape index (κ1) is 13.8. The minimum atomic E-state index is -4.83. The fourth-order valence-corrected chi connectivity index (χ4v) is 1.52. The summed E-state index contributed by atoms with van der Waals surface area (Å²) in [7, 11) is 0. The zero-order chi connectivity index (χ0) is 13.2. The van der Waals surface area contributed by atoms with Crippen molar-refractivity contribution in [3.05, 3.63) is 34.6 Å². The molecule has 1 rings (SSSR count). The normalized spacial score (nSPS) is 13.5. The van der Waals surface area contributed by atoms with Crippen LogP contribution in [-0.2, 0) is 4.79 Å². The van der Waals surface area contributed by atoms with Gasteiger partial charge in [0.15, 0.2) is 0 Å². The Hall–Kier alpha value is -1.30. The molecule has 0 saturated carbocycles. The van der Waals surface area contributed by atoms with Gasteiger partial charge in [-0.15, -0.1) is 0 Å². The van der Waals surface area contributed by atoms with Gasteiger partial charge in [0.1, 0.15) is 5.82 Å². The standard InChI is InChI=1S/C10H7ClF4O2/c11-5-1-2-6(8(12)3-5)7(4-9(16)17)10(13,14)15/h1-3,7H,4H2,(H,16,17). The lowest BCUT2D eigenvalue weighted by molar-refractivity contribution is -0.163. The molecular formula is C10H7ClF4O2. The second-order valence-corrected chi connectivity index (χ2v) is 3.79. The fourth-order valence-electron chi connectivity index (χ4n) is 1.36. The number of hydrogen-bond acceptors (Lipinski definition) is 1. The quantitative estimate of drug-likeness (QED) is 0.852. The molecule has 94 valence electrons. The smallest absolute Gasteiger partial charge is 0.396 e. The van der Waals surface area contributed by atoms with Gasteiger partial charge in [0.05, 0.1) is 12.3 Å². The molecule has 1 atom stereocenters. The summed E-state index contributed by atoms with van der Waals surface area (Å²) in [5, 5.41) is 8.35. The van der Waals surface area contributed by atoms with Crippen LogP contribution in [-0.4, -0.2) is 17.3 Å². The predicted octanol–water partition coefficient (Wildman–Crippen LogP) is 3.60. The summed E-state index contributed by atoms with van der Waals surface area (Å²) in [5.74, 6) is -5.19. The van der Waals surface area contributed by atoms with Crippen molar-refractivity contribution in [1.29, 1.82) is 0 Å². The molecule has 0 aliphatic carbocycles. The Morgan fingerprint density at radius 2 is 2.00 bits per heavy atom. The van der Waals surface area contributed by atoms with Gasteiger partial charge in [-0.05, 0) is 12.1 Å². The fraction of sp³-hybridized carbons (Fsp3) is 0.300. The molecular weight excluding hydrogens is 264 g/mol. The van der Waals surface area contributed by atoms with E-state index in [1.165, 1.54) is 0 Å². The van der Waals surface area contributed by atoms with Crippen LogP contribution in [0.4, 0.5) is 17.6 Å². The van der Waals surface area contributed by atoms with Crippen LogP contribution in [0, 0.1) is 5.82 Å². The summed E-state index contributed by atoms with van der Waals surface area (Å²) in [6.45, 7) is 0. The first-order chi connectivity index (χ1) is 7.71.